The zero-order valence-electron chi connectivity index (χ0n) is 15.2. The number of nitrogens with one attached hydrogen (secondary N) is 1. The Morgan fingerprint density at radius 1 is 1.16 bits per heavy atom. The van der Waals surface area contributed by atoms with E-state index < -0.39 is 0 Å². The molecular formula is C21H26N2O2. The molecule has 0 unspecified atom stereocenters. The summed E-state index contributed by atoms with van der Waals surface area (Å²) in [6.45, 7) is 12.1. The van der Waals surface area contributed by atoms with Gasteiger partial charge in [-0.15, -0.1) is 0 Å². The van der Waals surface area contributed by atoms with E-state index >= 15 is 0 Å². The van der Waals surface area contributed by atoms with E-state index in [0.717, 1.165) is 24.1 Å². The summed E-state index contributed by atoms with van der Waals surface area (Å²) in [5.74, 6) is 0. The molecule has 0 amide bonds. The van der Waals surface area contributed by atoms with Crippen LogP contribution in [0, 0.1) is 10.1 Å². The number of hydrogen-bond donors (Lipinski definition) is 1. The summed E-state index contributed by atoms with van der Waals surface area (Å²) in [5, 5.41) is 14.2. The van der Waals surface area contributed by atoms with Crippen LogP contribution in [0.2, 0.25) is 0 Å². The van der Waals surface area contributed by atoms with Crippen LogP contribution in [0.4, 0.5) is 5.69 Å². The van der Waals surface area contributed by atoms with Crippen molar-refractivity contribution in [1.29, 1.82) is 0 Å². The number of rotatable bonds is 7. The molecule has 0 aromatic heterocycles. The van der Waals surface area contributed by atoms with Crippen molar-refractivity contribution in [2.45, 2.75) is 32.6 Å². The largest absolute Gasteiger partial charge is 0.312 e. The summed E-state index contributed by atoms with van der Waals surface area (Å²) < 4.78 is 0. The Labute approximate surface area is 149 Å². The lowest BCUT2D eigenvalue weighted by Crippen LogP contribution is -2.19. The van der Waals surface area contributed by atoms with Gasteiger partial charge in [0.25, 0.3) is 5.69 Å². The molecule has 25 heavy (non-hydrogen) atoms. The van der Waals surface area contributed by atoms with Crippen LogP contribution < -0.4 is 5.32 Å². The van der Waals surface area contributed by atoms with Gasteiger partial charge in [0.1, 0.15) is 0 Å². The molecule has 4 heteroatoms. The monoisotopic (exact) mass is 338 g/mol. The summed E-state index contributed by atoms with van der Waals surface area (Å²) in [6.07, 6.45) is 0.937. The van der Waals surface area contributed by atoms with Gasteiger partial charge in [-0.1, -0.05) is 63.7 Å². The van der Waals surface area contributed by atoms with E-state index in [9.17, 15) is 10.1 Å². The van der Waals surface area contributed by atoms with Gasteiger partial charge in [0.2, 0.25) is 0 Å². The van der Waals surface area contributed by atoms with E-state index in [0.29, 0.717) is 6.54 Å². The molecule has 132 valence electrons. The van der Waals surface area contributed by atoms with E-state index in [4.69, 9.17) is 0 Å². The zero-order valence-corrected chi connectivity index (χ0v) is 15.2. The Morgan fingerprint density at radius 3 is 2.44 bits per heavy atom. The zero-order chi connectivity index (χ0) is 18.4. The second kappa shape index (κ2) is 8.08. The molecular weight excluding hydrogens is 312 g/mol. The highest BCUT2D eigenvalue weighted by Gasteiger charge is 2.12. The summed E-state index contributed by atoms with van der Waals surface area (Å²) in [7, 11) is 0. The van der Waals surface area contributed by atoms with Crippen LogP contribution in [-0.2, 0) is 11.8 Å². The van der Waals surface area contributed by atoms with Gasteiger partial charge in [-0.3, -0.25) is 10.1 Å². The van der Waals surface area contributed by atoms with Crippen molar-refractivity contribution in [2.75, 3.05) is 13.1 Å². The van der Waals surface area contributed by atoms with Gasteiger partial charge in [-0.25, -0.2) is 0 Å². The van der Waals surface area contributed by atoms with Crippen LogP contribution in [0.5, 0.6) is 0 Å². The Balaban J connectivity index is 1.82. The third-order valence-corrected chi connectivity index (χ3v) is 4.21. The number of nitro groups is 1. The molecule has 1 N–H and O–H groups in total. The summed E-state index contributed by atoms with van der Waals surface area (Å²) in [5.41, 5.74) is 4.55. The van der Waals surface area contributed by atoms with Crippen molar-refractivity contribution in [3.05, 3.63) is 81.9 Å². The van der Waals surface area contributed by atoms with Gasteiger partial charge in [0.05, 0.1) is 4.92 Å². The number of nitro benzene ring substituents is 1. The second-order valence-corrected chi connectivity index (χ2v) is 7.28. The maximum atomic E-state index is 10.8. The highest BCUT2D eigenvalue weighted by molar-refractivity contribution is 5.66. The Bertz CT molecular complexity index is 743. The molecule has 2 aromatic carbocycles. The smallest absolute Gasteiger partial charge is 0.270 e. The predicted molar refractivity (Wildman–Crippen MR) is 104 cm³/mol. The average Bonchev–Trinajstić information content (AvgIpc) is 2.58. The van der Waals surface area contributed by atoms with Crippen molar-refractivity contribution in [1.82, 2.24) is 5.32 Å². The van der Waals surface area contributed by atoms with E-state index in [1.165, 1.54) is 17.2 Å². The Hall–Kier alpha value is -2.46. The minimum Gasteiger partial charge on any atom is -0.312 e. The SMILES string of the molecule is C=C(CNCCc1ccc(C(C)(C)C)cc1)c1cccc([N+](=O)[O-])c1. The summed E-state index contributed by atoms with van der Waals surface area (Å²) in [4.78, 5) is 10.5. The Kier molecular flexibility index (Phi) is 6.10. The van der Waals surface area contributed by atoms with Gasteiger partial charge in [0, 0.05) is 18.7 Å². The lowest BCUT2D eigenvalue weighted by molar-refractivity contribution is -0.384. The highest BCUT2D eigenvalue weighted by atomic mass is 16.6. The number of non-ortho nitro benzene ring substituents is 1. The van der Waals surface area contributed by atoms with Gasteiger partial charge in [-0.05, 0) is 40.6 Å². The van der Waals surface area contributed by atoms with Crippen LogP contribution in [-0.4, -0.2) is 18.0 Å². The Morgan fingerprint density at radius 2 is 1.84 bits per heavy atom. The van der Waals surface area contributed by atoms with Crippen molar-refractivity contribution in [2.24, 2.45) is 0 Å². The van der Waals surface area contributed by atoms with Crippen LogP contribution >= 0.6 is 0 Å². The van der Waals surface area contributed by atoms with Crippen molar-refractivity contribution >= 4 is 11.3 Å². The molecule has 0 heterocycles. The molecule has 0 spiro atoms. The first-order chi connectivity index (χ1) is 11.8. The van der Waals surface area contributed by atoms with Crippen molar-refractivity contribution in [3.63, 3.8) is 0 Å². The van der Waals surface area contributed by atoms with Crippen LogP contribution in [0.15, 0.2) is 55.1 Å². The number of hydrogen-bond acceptors (Lipinski definition) is 3. The fourth-order valence-corrected chi connectivity index (χ4v) is 2.58. The van der Waals surface area contributed by atoms with Gasteiger partial charge < -0.3 is 5.32 Å². The first-order valence-electron chi connectivity index (χ1n) is 8.50. The van der Waals surface area contributed by atoms with E-state index in [-0.39, 0.29) is 16.0 Å². The topological polar surface area (TPSA) is 55.2 Å². The number of benzene rings is 2. The third kappa shape index (κ3) is 5.54. The molecule has 0 aliphatic heterocycles. The molecule has 4 nitrogen and oxygen atoms in total. The molecule has 0 atom stereocenters. The maximum Gasteiger partial charge on any atom is 0.270 e. The standard InChI is InChI=1S/C21H26N2O2/c1-16(18-6-5-7-20(14-18)23(24)25)15-22-13-12-17-8-10-19(11-9-17)21(2,3)4/h5-11,14,22H,1,12-13,15H2,2-4H3. The molecule has 2 rings (SSSR count). The second-order valence-electron chi connectivity index (χ2n) is 7.28. The van der Waals surface area contributed by atoms with E-state index in [2.05, 4.69) is 56.9 Å². The lowest BCUT2D eigenvalue weighted by atomic mass is 9.86. The third-order valence-electron chi connectivity index (χ3n) is 4.21. The molecule has 0 aliphatic carbocycles. The first kappa shape index (κ1) is 18.9. The fourth-order valence-electron chi connectivity index (χ4n) is 2.58. The average molecular weight is 338 g/mol. The molecule has 0 aliphatic rings. The van der Waals surface area contributed by atoms with Crippen LogP contribution in [0.3, 0.4) is 0 Å². The van der Waals surface area contributed by atoms with Gasteiger partial charge >= 0.3 is 0 Å². The predicted octanol–water partition coefficient (Wildman–Crippen LogP) is 4.74. The van der Waals surface area contributed by atoms with Crippen molar-refractivity contribution in [3.8, 4) is 0 Å². The van der Waals surface area contributed by atoms with Crippen molar-refractivity contribution < 1.29 is 4.92 Å². The van der Waals surface area contributed by atoms with Crippen LogP contribution in [0.25, 0.3) is 5.57 Å². The summed E-state index contributed by atoms with van der Waals surface area (Å²) in [6, 6.07) is 15.3. The molecule has 0 saturated carbocycles. The van der Waals surface area contributed by atoms with Gasteiger partial charge in [0.15, 0.2) is 0 Å². The highest BCUT2D eigenvalue weighted by Crippen LogP contribution is 2.22. The minimum atomic E-state index is -0.383. The first-order valence-corrected chi connectivity index (χ1v) is 8.50. The fraction of sp³-hybridized carbons (Fsp3) is 0.333. The van der Waals surface area contributed by atoms with E-state index in [1.807, 2.05) is 6.07 Å². The normalized spacial score (nSPS) is 11.3. The van der Waals surface area contributed by atoms with E-state index in [1.54, 1.807) is 12.1 Å². The molecule has 0 bridgehead atoms. The molecule has 0 radical (unpaired) electrons. The minimum absolute atomic E-state index is 0.0950. The quantitative estimate of drug-likeness (QED) is 0.451. The number of nitrogens with zero attached hydrogens (tertiary/aromatic N) is 1. The van der Waals surface area contributed by atoms with Gasteiger partial charge in [-0.2, -0.15) is 0 Å². The van der Waals surface area contributed by atoms with Crippen LogP contribution in [0.1, 0.15) is 37.5 Å². The lowest BCUT2D eigenvalue weighted by Gasteiger charge is -2.19. The molecule has 0 saturated heterocycles. The maximum absolute atomic E-state index is 10.8. The molecule has 2 aromatic rings. The summed E-state index contributed by atoms with van der Waals surface area (Å²) >= 11 is 0. The molecule has 0 fully saturated rings.